The molecule has 0 bridgehead atoms. The minimum atomic E-state index is -1.33. The molecular formula is C24H17N3O3S. The zero-order chi connectivity index (χ0) is 21.2. The van der Waals surface area contributed by atoms with Crippen molar-refractivity contribution < 1.29 is 14.6 Å². The fourth-order valence-corrected chi connectivity index (χ4v) is 4.14. The van der Waals surface area contributed by atoms with Crippen LogP contribution < -0.4 is 4.74 Å². The predicted octanol–water partition coefficient (Wildman–Crippen LogP) is 5.93. The van der Waals surface area contributed by atoms with Crippen LogP contribution in [0, 0.1) is 0 Å². The fourth-order valence-electron chi connectivity index (χ4n) is 3.61. The Labute approximate surface area is 182 Å². The predicted molar refractivity (Wildman–Crippen MR) is 120 cm³/mol. The zero-order valence-corrected chi connectivity index (χ0v) is 17.1. The van der Waals surface area contributed by atoms with Crippen molar-refractivity contribution in [2.45, 2.75) is 6.54 Å². The molecule has 2 aromatic heterocycles. The van der Waals surface area contributed by atoms with E-state index in [4.69, 9.17) is 14.8 Å². The van der Waals surface area contributed by atoms with Crippen molar-refractivity contribution in [3.63, 3.8) is 0 Å². The third-order valence-electron chi connectivity index (χ3n) is 5.01. The monoisotopic (exact) mass is 427 g/mol. The first kappa shape index (κ1) is 19.0. The molecule has 7 heteroatoms. The molecule has 0 atom stereocenters. The molecule has 0 aliphatic rings. The molecule has 3 aromatic carbocycles. The smallest absolute Gasteiger partial charge is 0.449 e. The molecule has 31 heavy (non-hydrogen) atoms. The fraction of sp³-hybridized carbons (Fsp3) is 0.0417. The molecule has 5 aromatic rings. The van der Waals surface area contributed by atoms with Gasteiger partial charge in [-0.1, -0.05) is 54.6 Å². The number of fused-ring (bicyclic) bond motifs is 1. The van der Waals surface area contributed by atoms with Crippen LogP contribution in [0.1, 0.15) is 5.56 Å². The normalized spacial score (nSPS) is 11.0. The van der Waals surface area contributed by atoms with Crippen LogP contribution in [-0.2, 0) is 6.54 Å². The largest absolute Gasteiger partial charge is 0.511 e. The van der Waals surface area contributed by atoms with Gasteiger partial charge in [0.05, 0.1) is 16.5 Å². The van der Waals surface area contributed by atoms with Gasteiger partial charge in [0.25, 0.3) is 0 Å². The molecule has 152 valence electrons. The Morgan fingerprint density at radius 2 is 1.77 bits per heavy atom. The van der Waals surface area contributed by atoms with E-state index in [9.17, 15) is 4.79 Å². The van der Waals surface area contributed by atoms with Gasteiger partial charge in [-0.2, -0.15) is 0 Å². The number of carboxylic acid groups (broad SMARTS) is 1. The zero-order valence-electron chi connectivity index (χ0n) is 16.3. The number of thiazole rings is 1. The van der Waals surface area contributed by atoms with Crippen molar-refractivity contribution in [1.29, 1.82) is 0 Å². The minimum absolute atomic E-state index is 0.314. The van der Waals surface area contributed by atoms with Gasteiger partial charge in [0.15, 0.2) is 5.82 Å². The molecule has 0 unspecified atom stereocenters. The van der Waals surface area contributed by atoms with Gasteiger partial charge in [0.2, 0.25) is 0 Å². The standard InChI is InChI=1S/C24H17N3O3S/c28-24(29)30-22-8-4-1-5-18(22)17-11-9-16(10-12-17)13-27-21-7-3-2-6-19(21)26-23(27)20-14-31-15-25-20/h1-12,14-15H,13H2,(H,28,29). The number of hydrogen-bond donors (Lipinski definition) is 1. The summed E-state index contributed by atoms with van der Waals surface area (Å²) < 4.78 is 7.09. The maximum absolute atomic E-state index is 11.0. The Balaban J connectivity index is 1.50. The Morgan fingerprint density at radius 1 is 1.00 bits per heavy atom. The molecule has 5 rings (SSSR count). The maximum atomic E-state index is 11.0. The van der Waals surface area contributed by atoms with Crippen molar-refractivity contribution >= 4 is 28.5 Å². The summed E-state index contributed by atoms with van der Waals surface area (Å²) in [7, 11) is 0. The molecule has 0 amide bonds. The molecule has 0 radical (unpaired) electrons. The lowest BCUT2D eigenvalue weighted by atomic mass is 10.0. The number of benzene rings is 3. The van der Waals surface area contributed by atoms with E-state index in [2.05, 4.69) is 15.6 Å². The van der Waals surface area contributed by atoms with Crippen molar-refractivity contribution in [2.24, 2.45) is 0 Å². The summed E-state index contributed by atoms with van der Waals surface area (Å²) in [5.74, 6) is 1.15. The summed E-state index contributed by atoms with van der Waals surface area (Å²) in [4.78, 5) is 20.2. The lowest BCUT2D eigenvalue weighted by Gasteiger charge is -2.11. The number of imidazole rings is 1. The van der Waals surface area contributed by atoms with Crippen molar-refractivity contribution in [2.75, 3.05) is 0 Å². The summed E-state index contributed by atoms with van der Waals surface area (Å²) >= 11 is 1.55. The lowest BCUT2D eigenvalue weighted by Crippen LogP contribution is -2.04. The van der Waals surface area contributed by atoms with Crippen LogP contribution in [0.15, 0.2) is 83.7 Å². The maximum Gasteiger partial charge on any atom is 0.511 e. The highest BCUT2D eigenvalue weighted by Gasteiger charge is 2.15. The molecular weight excluding hydrogens is 410 g/mol. The van der Waals surface area contributed by atoms with Gasteiger partial charge >= 0.3 is 6.16 Å². The van der Waals surface area contributed by atoms with E-state index in [0.29, 0.717) is 12.3 Å². The van der Waals surface area contributed by atoms with Gasteiger partial charge in [0.1, 0.15) is 11.4 Å². The van der Waals surface area contributed by atoms with Crippen LogP contribution in [0.4, 0.5) is 4.79 Å². The second kappa shape index (κ2) is 8.04. The number of ether oxygens (including phenoxy) is 1. The number of nitrogens with zero attached hydrogens (tertiary/aromatic N) is 3. The second-order valence-electron chi connectivity index (χ2n) is 6.95. The summed E-state index contributed by atoms with van der Waals surface area (Å²) in [6.45, 7) is 0.640. The minimum Gasteiger partial charge on any atom is -0.449 e. The van der Waals surface area contributed by atoms with Crippen LogP contribution in [0.3, 0.4) is 0 Å². The van der Waals surface area contributed by atoms with E-state index >= 15 is 0 Å². The molecule has 0 spiro atoms. The topological polar surface area (TPSA) is 77.2 Å². The number of hydrogen-bond acceptors (Lipinski definition) is 5. The first-order valence-corrected chi connectivity index (χ1v) is 10.6. The molecule has 0 fully saturated rings. The summed E-state index contributed by atoms with van der Waals surface area (Å²) in [6.07, 6.45) is -1.33. The van der Waals surface area contributed by atoms with E-state index in [0.717, 1.165) is 39.2 Å². The van der Waals surface area contributed by atoms with Crippen molar-refractivity contribution in [1.82, 2.24) is 14.5 Å². The third kappa shape index (κ3) is 3.78. The average molecular weight is 427 g/mol. The highest BCUT2D eigenvalue weighted by molar-refractivity contribution is 7.07. The summed E-state index contributed by atoms with van der Waals surface area (Å²) in [6, 6.07) is 23.2. The van der Waals surface area contributed by atoms with Gasteiger partial charge in [-0.25, -0.2) is 14.8 Å². The average Bonchev–Trinajstić information content (AvgIpc) is 3.43. The molecule has 1 N–H and O–H groups in total. The Kier molecular flexibility index (Phi) is 4.93. The van der Waals surface area contributed by atoms with Crippen LogP contribution in [0.5, 0.6) is 5.75 Å². The molecule has 6 nitrogen and oxygen atoms in total. The van der Waals surface area contributed by atoms with Crippen LogP contribution in [0.2, 0.25) is 0 Å². The van der Waals surface area contributed by atoms with Crippen molar-refractivity contribution in [3.05, 3.63) is 89.3 Å². The van der Waals surface area contributed by atoms with E-state index in [1.54, 1.807) is 23.5 Å². The van der Waals surface area contributed by atoms with Crippen LogP contribution in [0.25, 0.3) is 33.7 Å². The molecule has 2 heterocycles. The lowest BCUT2D eigenvalue weighted by molar-refractivity contribution is 0.144. The number of aromatic nitrogens is 3. The van der Waals surface area contributed by atoms with Gasteiger partial charge in [0, 0.05) is 17.5 Å². The first-order chi connectivity index (χ1) is 15.2. The highest BCUT2D eigenvalue weighted by atomic mass is 32.1. The number of carbonyl (C=O) groups is 1. The number of para-hydroxylation sites is 3. The number of rotatable bonds is 5. The summed E-state index contributed by atoms with van der Waals surface area (Å²) in [5, 5.41) is 11.0. The third-order valence-corrected chi connectivity index (χ3v) is 5.59. The Bertz CT molecular complexity index is 1360. The van der Waals surface area contributed by atoms with Gasteiger partial charge in [-0.15, -0.1) is 11.3 Å². The Hall–Kier alpha value is -3.97. The van der Waals surface area contributed by atoms with E-state index < -0.39 is 6.16 Å². The second-order valence-corrected chi connectivity index (χ2v) is 7.66. The molecule has 0 aliphatic heterocycles. The quantitative estimate of drug-likeness (QED) is 0.278. The van der Waals surface area contributed by atoms with E-state index in [1.165, 1.54) is 0 Å². The first-order valence-electron chi connectivity index (χ1n) is 9.62. The van der Waals surface area contributed by atoms with Crippen molar-refractivity contribution in [3.8, 4) is 28.4 Å². The molecule has 0 saturated heterocycles. The molecule has 0 saturated carbocycles. The highest BCUT2D eigenvalue weighted by Crippen LogP contribution is 2.31. The van der Waals surface area contributed by atoms with Gasteiger partial charge < -0.3 is 14.4 Å². The van der Waals surface area contributed by atoms with E-state index in [1.807, 2.05) is 65.5 Å². The van der Waals surface area contributed by atoms with Gasteiger partial charge in [-0.3, -0.25) is 0 Å². The molecule has 0 aliphatic carbocycles. The van der Waals surface area contributed by atoms with Gasteiger partial charge in [-0.05, 0) is 29.3 Å². The van der Waals surface area contributed by atoms with Crippen LogP contribution >= 0.6 is 11.3 Å². The van der Waals surface area contributed by atoms with Crippen LogP contribution in [-0.4, -0.2) is 25.8 Å². The SMILES string of the molecule is O=C(O)Oc1ccccc1-c1ccc(Cn2c(-c3cscn3)nc3ccccc32)cc1. The summed E-state index contributed by atoms with van der Waals surface area (Å²) in [5.41, 5.74) is 7.36. The van der Waals surface area contributed by atoms with E-state index in [-0.39, 0.29) is 0 Å². The Morgan fingerprint density at radius 3 is 2.55 bits per heavy atom.